The summed E-state index contributed by atoms with van der Waals surface area (Å²) >= 11 is 0. The summed E-state index contributed by atoms with van der Waals surface area (Å²) in [5.74, 6) is 3.30. The molecule has 0 radical (unpaired) electrons. The van der Waals surface area contributed by atoms with Crippen LogP contribution in [0.25, 0.3) is 73.4 Å². The van der Waals surface area contributed by atoms with E-state index in [-0.39, 0.29) is 0 Å². The van der Waals surface area contributed by atoms with Crippen LogP contribution in [0.15, 0.2) is 156 Å². The number of hydrogen-bond acceptors (Lipinski definition) is 5. The first-order valence-electron chi connectivity index (χ1n) is 17.8. The third kappa shape index (κ3) is 7.45. The van der Waals surface area contributed by atoms with E-state index >= 15 is 0 Å². The first kappa shape index (κ1) is 34.3. The van der Waals surface area contributed by atoms with Crippen molar-refractivity contribution in [2.75, 3.05) is 0 Å². The van der Waals surface area contributed by atoms with Gasteiger partial charge < -0.3 is 4.42 Å². The second-order valence-corrected chi connectivity index (χ2v) is 13.7. The van der Waals surface area contributed by atoms with Gasteiger partial charge in [0, 0.05) is 22.3 Å². The van der Waals surface area contributed by atoms with Gasteiger partial charge in [-0.2, -0.15) is 0 Å². The van der Waals surface area contributed by atoms with Crippen LogP contribution in [0.5, 0.6) is 0 Å². The Morgan fingerprint density at radius 1 is 0.558 bits per heavy atom. The Hall–Kier alpha value is -6.20. The van der Waals surface area contributed by atoms with Crippen molar-refractivity contribution < 1.29 is 4.42 Å². The van der Waals surface area contributed by atoms with Gasteiger partial charge in [-0.3, -0.25) is 0 Å². The first-order chi connectivity index (χ1) is 25.2. The summed E-state index contributed by atoms with van der Waals surface area (Å²) in [6, 6.07) is 41.4. The largest absolute Gasteiger partial charge is 0.436 e. The zero-order valence-electron chi connectivity index (χ0n) is 30.3. The Morgan fingerprint density at radius 2 is 1.04 bits per heavy atom. The van der Waals surface area contributed by atoms with E-state index in [4.69, 9.17) is 19.4 Å². The van der Waals surface area contributed by atoms with Crippen LogP contribution in [0.2, 0.25) is 0 Å². The molecule has 2 heterocycles. The minimum absolute atomic E-state index is 0.418. The SMILES string of the molecule is C=C/C(=C\C=C(/C)c1ccc(-c2nc(-c3ccc(-c4ccc(C(C)C)cc4)cc3)nc(-c3ccc(-c4nc5ccccc5o4)cc3)n2)cc1)C(C)C. The maximum Gasteiger partial charge on any atom is 0.227 e. The van der Waals surface area contributed by atoms with Crippen molar-refractivity contribution in [1.29, 1.82) is 0 Å². The van der Waals surface area contributed by atoms with Crippen LogP contribution in [0.3, 0.4) is 0 Å². The summed E-state index contributed by atoms with van der Waals surface area (Å²) < 4.78 is 6.02. The number of para-hydroxylation sites is 2. The molecule has 52 heavy (non-hydrogen) atoms. The number of hydrogen-bond donors (Lipinski definition) is 0. The van der Waals surface area contributed by atoms with Gasteiger partial charge in [0.2, 0.25) is 5.89 Å². The van der Waals surface area contributed by atoms with Gasteiger partial charge in [0.15, 0.2) is 23.1 Å². The van der Waals surface area contributed by atoms with Gasteiger partial charge in [0.1, 0.15) is 5.52 Å². The zero-order chi connectivity index (χ0) is 36.2. The van der Waals surface area contributed by atoms with Crippen LogP contribution in [0.4, 0.5) is 0 Å². The second-order valence-electron chi connectivity index (χ2n) is 13.7. The van der Waals surface area contributed by atoms with Gasteiger partial charge in [-0.15, -0.1) is 0 Å². The maximum absolute atomic E-state index is 6.02. The molecule has 5 aromatic carbocycles. The average molecular weight is 679 g/mol. The summed E-state index contributed by atoms with van der Waals surface area (Å²) in [6.07, 6.45) is 6.22. The van der Waals surface area contributed by atoms with Crippen LogP contribution in [-0.2, 0) is 0 Å². The molecule has 0 aliphatic carbocycles. The van der Waals surface area contributed by atoms with Crippen LogP contribution < -0.4 is 0 Å². The van der Waals surface area contributed by atoms with Crippen molar-refractivity contribution in [3.05, 3.63) is 163 Å². The Balaban J connectivity index is 1.24. The molecule has 0 amide bonds. The van der Waals surface area contributed by atoms with E-state index < -0.39 is 0 Å². The van der Waals surface area contributed by atoms with Crippen LogP contribution in [0, 0.1) is 5.92 Å². The monoisotopic (exact) mass is 678 g/mol. The van der Waals surface area contributed by atoms with Gasteiger partial charge in [0.05, 0.1) is 0 Å². The zero-order valence-corrected chi connectivity index (χ0v) is 30.3. The predicted octanol–water partition coefficient (Wildman–Crippen LogP) is 12.6. The van der Waals surface area contributed by atoms with Crippen LogP contribution in [0.1, 0.15) is 51.7 Å². The Bertz CT molecular complexity index is 2360. The standard InChI is InChI=1S/C47H42N4O/c1-7-33(30(2)3)13-12-32(6)35-16-22-38(23-17-35)44-49-45(39-24-20-37(21-25-39)36-18-14-34(15-19-36)31(4)5)51-46(50-44)40-26-28-41(29-27-40)47-48-42-10-8-9-11-43(42)52-47/h7-31H,1H2,2-6H3/b32-12+,33-13+. The highest BCUT2D eigenvalue weighted by Gasteiger charge is 2.15. The van der Waals surface area contributed by atoms with Crippen molar-refractivity contribution in [1.82, 2.24) is 19.9 Å². The number of allylic oxidation sites excluding steroid dienone is 5. The molecule has 0 fully saturated rings. The van der Waals surface area contributed by atoms with Gasteiger partial charge in [-0.1, -0.05) is 150 Å². The quantitative estimate of drug-likeness (QED) is 0.135. The van der Waals surface area contributed by atoms with E-state index in [0.29, 0.717) is 35.2 Å². The van der Waals surface area contributed by atoms with Crippen molar-refractivity contribution >= 4 is 16.7 Å². The molecule has 0 spiro atoms. The molecule has 256 valence electrons. The molecule has 7 rings (SSSR count). The number of rotatable bonds is 10. The fourth-order valence-electron chi connectivity index (χ4n) is 6.09. The maximum atomic E-state index is 6.02. The van der Waals surface area contributed by atoms with E-state index in [2.05, 4.69) is 131 Å². The van der Waals surface area contributed by atoms with E-state index in [1.807, 2.05) is 54.6 Å². The van der Waals surface area contributed by atoms with E-state index in [9.17, 15) is 0 Å². The van der Waals surface area contributed by atoms with Crippen molar-refractivity contribution in [3.8, 4) is 56.7 Å². The molecule has 0 saturated carbocycles. The summed E-state index contributed by atoms with van der Waals surface area (Å²) in [5.41, 5.74) is 12.3. The number of fused-ring (bicyclic) bond motifs is 1. The second kappa shape index (κ2) is 15.0. The Morgan fingerprint density at radius 3 is 1.54 bits per heavy atom. The van der Waals surface area contributed by atoms with Crippen molar-refractivity contribution in [3.63, 3.8) is 0 Å². The lowest BCUT2D eigenvalue weighted by Gasteiger charge is -2.10. The fourth-order valence-corrected chi connectivity index (χ4v) is 6.09. The third-order valence-electron chi connectivity index (χ3n) is 9.40. The average Bonchev–Trinajstić information content (AvgIpc) is 3.63. The van der Waals surface area contributed by atoms with E-state index in [1.165, 1.54) is 22.3 Å². The summed E-state index contributed by atoms with van der Waals surface area (Å²) in [5, 5.41) is 0. The number of oxazole rings is 1. The lowest BCUT2D eigenvalue weighted by molar-refractivity contribution is 0.620. The molecule has 0 atom stereocenters. The Kier molecular flexibility index (Phi) is 9.85. The minimum atomic E-state index is 0.418. The highest BCUT2D eigenvalue weighted by molar-refractivity contribution is 5.77. The van der Waals surface area contributed by atoms with Crippen LogP contribution in [-0.4, -0.2) is 19.9 Å². The molecule has 2 aromatic heterocycles. The lowest BCUT2D eigenvalue weighted by atomic mass is 9.98. The summed E-state index contributed by atoms with van der Waals surface area (Å²) in [6.45, 7) is 14.9. The van der Waals surface area contributed by atoms with Crippen LogP contribution >= 0.6 is 0 Å². The molecule has 5 nitrogen and oxygen atoms in total. The van der Waals surface area contributed by atoms with Gasteiger partial charge in [-0.25, -0.2) is 19.9 Å². The molecule has 0 saturated heterocycles. The Labute approximate surface area is 306 Å². The molecule has 0 aliphatic heterocycles. The number of aromatic nitrogens is 4. The highest BCUT2D eigenvalue weighted by atomic mass is 16.3. The van der Waals surface area contributed by atoms with Gasteiger partial charge >= 0.3 is 0 Å². The molecule has 0 N–H and O–H groups in total. The topological polar surface area (TPSA) is 64.7 Å². The van der Waals surface area contributed by atoms with E-state index in [0.717, 1.165) is 44.5 Å². The summed E-state index contributed by atoms with van der Waals surface area (Å²) in [4.78, 5) is 19.7. The molecule has 0 unspecified atom stereocenters. The molecule has 0 bridgehead atoms. The molecular formula is C47H42N4O. The third-order valence-corrected chi connectivity index (χ3v) is 9.40. The smallest absolute Gasteiger partial charge is 0.227 e. The van der Waals surface area contributed by atoms with E-state index in [1.54, 1.807) is 0 Å². The molecular weight excluding hydrogens is 637 g/mol. The van der Waals surface area contributed by atoms with Gasteiger partial charge in [-0.05, 0) is 76.4 Å². The molecule has 0 aliphatic rings. The minimum Gasteiger partial charge on any atom is -0.436 e. The molecule has 7 aromatic rings. The fraction of sp³-hybridized carbons (Fsp3) is 0.149. The lowest BCUT2D eigenvalue weighted by Crippen LogP contribution is -2.00. The van der Waals surface area contributed by atoms with Crippen molar-refractivity contribution in [2.45, 2.75) is 40.5 Å². The highest BCUT2D eigenvalue weighted by Crippen LogP contribution is 2.31. The predicted molar refractivity (Wildman–Crippen MR) is 215 cm³/mol. The molecule has 5 heteroatoms. The van der Waals surface area contributed by atoms with Crippen molar-refractivity contribution in [2.24, 2.45) is 5.92 Å². The number of nitrogens with zero attached hydrogens (tertiary/aromatic N) is 4. The normalized spacial score (nSPS) is 12.2. The first-order valence-corrected chi connectivity index (χ1v) is 17.8. The summed E-state index contributed by atoms with van der Waals surface area (Å²) in [7, 11) is 0. The number of benzene rings is 5. The van der Waals surface area contributed by atoms with Gasteiger partial charge in [0.25, 0.3) is 0 Å².